The van der Waals surface area contributed by atoms with Crippen LogP contribution in [-0.4, -0.2) is 0 Å². The van der Waals surface area contributed by atoms with Crippen LogP contribution < -0.4 is 0 Å². The van der Waals surface area contributed by atoms with E-state index in [1.807, 2.05) is 0 Å². The molecule has 2 aromatic carbocycles. The second-order valence-corrected chi connectivity index (χ2v) is 4.99. The van der Waals surface area contributed by atoms with Crippen LogP contribution in [0.4, 0.5) is 0 Å². The Hall–Kier alpha value is -1.56. The van der Waals surface area contributed by atoms with Gasteiger partial charge in [-0.15, -0.1) is 0 Å². The van der Waals surface area contributed by atoms with Gasteiger partial charge in [0.15, 0.2) is 0 Å². The van der Waals surface area contributed by atoms with Crippen LogP contribution in [0, 0.1) is 0 Å². The van der Waals surface area contributed by atoms with Gasteiger partial charge >= 0.3 is 0 Å². The number of allylic oxidation sites excluding steroid dienone is 2. The molecule has 17 heavy (non-hydrogen) atoms. The molecule has 0 spiro atoms. The summed E-state index contributed by atoms with van der Waals surface area (Å²) in [6.07, 6.45) is 4.95. The number of hydrogen-bond donors (Lipinski definition) is 0. The lowest BCUT2D eigenvalue weighted by Crippen LogP contribution is -1.94. The van der Waals surface area contributed by atoms with Crippen molar-refractivity contribution in [2.45, 2.75) is 32.6 Å². The van der Waals surface area contributed by atoms with Crippen molar-refractivity contribution in [1.29, 1.82) is 0 Å². The first-order valence-electron chi connectivity index (χ1n) is 6.51. The Morgan fingerprint density at radius 3 is 2.71 bits per heavy atom. The Balaban J connectivity index is 2.26. The zero-order chi connectivity index (χ0) is 11.8. The predicted octanol–water partition coefficient (Wildman–Crippen LogP) is 5.14. The van der Waals surface area contributed by atoms with E-state index in [2.05, 4.69) is 56.3 Å². The van der Waals surface area contributed by atoms with Gasteiger partial charge in [0.25, 0.3) is 0 Å². The molecule has 0 bridgehead atoms. The molecule has 1 atom stereocenters. The molecule has 1 unspecified atom stereocenters. The molecule has 86 valence electrons. The first-order valence-corrected chi connectivity index (χ1v) is 6.51. The van der Waals surface area contributed by atoms with Gasteiger partial charge < -0.3 is 0 Å². The minimum Gasteiger partial charge on any atom is -0.0734 e. The third kappa shape index (κ3) is 1.59. The molecular weight excluding hydrogens is 204 g/mol. The van der Waals surface area contributed by atoms with Crippen LogP contribution in [0.15, 0.2) is 42.5 Å². The van der Waals surface area contributed by atoms with E-state index < -0.39 is 0 Å². The van der Waals surface area contributed by atoms with Gasteiger partial charge in [-0.05, 0) is 40.8 Å². The van der Waals surface area contributed by atoms with Crippen LogP contribution in [-0.2, 0) is 0 Å². The number of fused-ring (bicyclic) bond motifs is 3. The van der Waals surface area contributed by atoms with Gasteiger partial charge in [-0.2, -0.15) is 0 Å². The maximum Gasteiger partial charge on any atom is 0.00359 e. The average Bonchev–Trinajstić information content (AvgIpc) is 2.67. The van der Waals surface area contributed by atoms with Crippen LogP contribution in [0.3, 0.4) is 0 Å². The van der Waals surface area contributed by atoms with Gasteiger partial charge in [-0.25, -0.2) is 0 Å². The molecular formula is C17H18. The Labute approximate surface area is 103 Å². The van der Waals surface area contributed by atoms with Crippen LogP contribution in [0.25, 0.3) is 16.3 Å². The highest BCUT2D eigenvalue weighted by molar-refractivity contribution is 5.93. The Morgan fingerprint density at radius 2 is 1.88 bits per heavy atom. The van der Waals surface area contributed by atoms with Gasteiger partial charge in [0.1, 0.15) is 0 Å². The van der Waals surface area contributed by atoms with Crippen LogP contribution in [0.2, 0.25) is 0 Å². The summed E-state index contributed by atoms with van der Waals surface area (Å²) >= 11 is 0. The summed E-state index contributed by atoms with van der Waals surface area (Å²) in [5, 5.41) is 2.81. The average molecular weight is 222 g/mol. The van der Waals surface area contributed by atoms with Crippen LogP contribution >= 0.6 is 0 Å². The molecule has 1 aliphatic carbocycles. The zero-order valence-corrected chi connectivity index (χ0v) is 10.5. The standard InChI is InChI=1S/C17H18/c1-3-6-14-11-12(2)15-10-9-13-7-4-5-8-16(13)17(14)15/h4-5,7-11,14H,3,6H2,1-2H3. The quantitative estimate of drug-likeness (QED) is 0.660. The predicted molar refractivity (Wildman–Crippen MR) is 75.2 cm³/mol. The lowest BCUT2D eigenvalue weighted by Gasteiger charge is -2.13. The minimum atomic E-state index is 0.626. The molecule has 0 fully saturated rings. The molecule has 0 aromatic heterocycles. The fourth-order valence-electron chi connectivity index (χ4n) is 3.05. The van der Waals surface area contributed by atoms with E-state index in [0.717, 1.165) is 0 Å². The fourth-order valence-corrected chi connectivity index (χ4v) is 3.05. The van der Waals surface area contributed by atoms with Crippen molar-refractivity contribution in [1.82, 2.24) is 0 Å². The summed E-state index contributed by atoms with van der Waals surface area (Å²) in [5.74, 6) is 0.626. The summed E-state index contributed by atoms with van der Waals surface area (Å²) in [6, 6.07) is 13.3. The third-order valence-electron chi connectivity index (χ3n) is 3.82. The lowest BCUT2D eigenvalue weighted by molar-refractivity contribution is 0.729. The van der Waals surface area contributed by atoms with E-state index in [9.17, 15) is 0 Å². The van der Waals surface area contributed by atoms with Crippen molar-refractivity contribution >= 4 is 16.3 Å². The molecule has 1 aliphatic rings. The number of benzene rings is 2. The maximum absolute atomic E-state index is 2.45. The maximum atomic E-state index is 2.45. The fraction of sp³-hybridized carbons (Fsp3) is 0.294. The van der Waals surface area contributed by atoms with Crippen molar-refractivity contribution in [2.75, 3.05) is 0 Å². The summed E-state index contributed by atoms with van der Waals surface area (Å²) in [5.41, 5.74) is 4.47. The first-order chi connectivity index (χ1) is 8.31. The zero-order valence-electron chi connectivity index (χ0n) is 10.5. The van der Waals surface area contributed by atoms with Crippen molar-refractivity contribution in [2.24, 2.45) is 0 Å². The largest absolute Gasteiger partial charge is 0.0734 e. The van der Waals surface area contributed by atoms with E-state index in [1.54, 1.807) is 5.56 Å². The van der Waals surface area contributed by atoms with Crippen molar-refractivity contribution in [3.63, 3.8) is 0 Å². The molecule has 0 radical (unpaired) electrons. The van der Waals surface area contributed by atoms with Gasteiger partial charge in [-0.3, -0.25) is 0 Å². The molecule has 0 heterocycles. The first kappa shape index (κ1) is 10.6. The van der Waals surface area contributed by atoms with Gasteiger partial charge in [0, 0.05) is 5.92 Å². The monoisotopic (exact) mass is 222 g/mol. The van der Waals surface area contributed by atoms with Crippen molar-refractivity contribution < 1.29 is 0 Å². The highest BCUT2D eigenvalue weighted by Crippen LogP contribution is 2.42. The van der Waals surface area contributed by atoms with E-state index >= 15 is 0 Å². The summed E-state index contributed by atoms with van der Waals surface area (Å²) < 4.78 is 0. The molecule has 0 amide bonds. The number of rotatable bonds is 2. The second kappa shape index (κ2) is 4.03. The second-order valence-electron chi connectivity index (χ2n) is 4.99. The highest BCUT2D eigenvalue weighted by Gasteiger charge is 2.22. The van der Waals surface area contributed by atoms with Gasteiger partial charge in [-0.1, -0.05) is 55.8 Å². The minimum absolute atomic E-state index is 0.626. The topological polar surface area (TPSA) is 0 Å². The van der Waals surface area contributed by atoms with Gasteiger partial charge in [0.05, 0.1) is 0 Å². The summed E-state index contributed by atoms with van der Waals surface area (Å²) in [4.78, 5) is 0. The lowest BCUT2D eigenvalue weighted by atomic mass is 9.91. The molecule has 2 aromatic rings. The number of hydrogen-bond acceptors (Lipinski definition) is 0. The van der Waals surface area contributed by atoms with E-state index in [0.29, 0.717) is 5.92 Å². The van der Waals surface area contributed by atoms with E-state index in [-0.39, 0.29) is 0 Å². The SMILES string of the molecule is CCCC1C=C(C)c2ccc3ccccc3c21. The summed E-state index contributed by atoms with van der Waals surface area (Å²) in [7, 11) is 0. The molecule has 3 rings (SSSR count). The normalized spacial score (nSPS) is 18.2. The molecule has 0 saturated carbocycles. The molecule has 0 nitrogen and oxygen atoms in total. The van der Waals surface area contributed by atoms with E-state index in [1.165, 1.54) is 34.8 Å². The highest BCUT2D eigenvalue weighted by atomic mass is 14.3. The third-order valence-corrected chi connectivity index (χ3v) is 3.82. The molecule has 0 aliphatic heterocycles. The van der Waals surface area contributed by atoms with Crippen molar-refractivity contribution in [3.8, 4) is 0 Å². The molecule has 0 N–H and O–H groups in total. The Bertz CT molecular complexity index is 590. The molecule has 0 heteroatoms. The summed E-state index contributed by atoms with van der Waals surface area (Å²) in [6.45, 7) is 4.51. The smallest absolute Gasteiger partial charge is 0.00359 e. The van der Waals surface area contributed by atoms with Crippen LogP contribution in [0.5, 0.6) is 0 Å². The van der Waals surface area contributed by atoms with Crippen molar-refractivity contribution in [3.05, 3.63) is 53.6 Å². The Kier molecular flexibility index (Phi) is 2.51. The Morgan fingerprint density at radius 1 is 1.06 bits per heavy atom. The van der Waals surface area contributed by atoms with E-state index in [4.69, 9.17) is 0 Å². The van der Waals surface area contributed by atoms with Crippen LogP contribution in [0.1, 0.15) is 43.7 Å². The van der Waals surface area contributed by atoms with Gasteiger partial charge in [0.2, 0.25) is 0 Å². The molecule has 0 saturated heterocycles.